The number of aliphatic hydroxyl groups excluding tert-OH is 1. The lowest BCUT2D eigenvalue weighted by atomic mass is 9.79. The number of β-lactam (4-membered cyclic amide) rings is 1. The minimum Gasteiger partial charge on any atom is -0.477 e. The zero-order chi connectivity index (χ0) is 20.4. The highest BCUT2D eigenvalue weighted by Gasteiger charge is 2.60. The molecule has 2 fully saturated rings. The summed E-state index contributed by atoms with van der Waals surface area (Å²) in [6.07, 6.45) is -0.788. The molecular weight excluding hydrogens is 394 g/mol. The molecule has 29 heavy (non-hydrogen) atoms. The van der Waals surface area contributed by atoms with Crippen LogP contribution in [0.4, 0.5) is 6.01 Å². The number of nitrogens with zero attached hydrogens (tertiary/aromatic N) is 3. The lowest BCUT2D eigenvalue weighted by molar-refractivity contribution is -0.163. The maximum absolute atomic E-state index is 12.4. The number of carbonyl (C=O) groups is 2. The summed E-state index contributed by atoms with van der Waals surface area (Å²) < 4.78 is 5.79. The summed E-state index contributed by atoms with van der Waals surface area (Å²) in [4.78, 5) is 32.9. The fraction of sp³-hybridized carbons (Fsp3) is 0.450. The van der Waals surface area contributed by atoms with Crippen molar-refractivity contribution in [3.8, 4) is 0 Å². The molecule has 1 aromatic carbocycles. The van der Waals surface area contributed by atoms with Crippen molar-refractivity contribution in [3.63, 3.8) is 0 Å². The molecule has 0 spiro atoms. The third kappa shape index (κ3) is 2.67. The molecule has 0 bridgehead atoms. The first-order chi connectivity index (χ1) is 13.9. The van der Waals surface area contributed by atoms with Crippen LogP contribution in [-0.4, -0.2) is 62.5 Å². The summed E-state index contributed by atoms with van der Waals surface area (Å²) in [7, 11) is 0. The number of thioether (sulfide) groups is 1. The van der Waals surface area contributed by atoms with E-state index in [0.29, 0.717) is 19.1 Å². The van der Waals surface area contributed by atoms with Crippen molar-refractivity contribution in [2.45, 2.75) is 31.2 Å². The van der Waals surface area contributed by atoms with Crippen molar-refractivity contribution in [1.29, 1.82) is 0 Å². The smallest absolute Gasteiger partial charge is 0.353 e. The second-order valence-corrected chi connectivity index (χ2v) is 9.22. The van der Waals surface area contributed by atoms with Crippen molar-refractivity contribution < 1.29 is 24.2 Å². The third-order valence-electron chi connectivity index (χ3n) is 6.01. The first kappa shape index (κ1) is 18.5. The molecule has 9 heteroatoms. The molecular formula is C20H21N3O5S. The Morgan fingerprint density at radius 1 is 1.34 bits per heavy atom. The molecule has 0 aliphatic carbocycles. The van der Waals surface area contributed by atoms with Crippen LogP contribution in [-0.2, 0) is 9.59 Å². The van der Waals surface area contributed by atoms with Gasteiger partial charge >= 0.3 is 5.97 Å². The number of carbonyl (C=O) groups excluding carboxylic acids is 1. The SMILES string of the molecule is C[C@@H](O)[C@H]1C(=O)N2C(C(=O)O)=C(SC3CN(c4nc5ccccc5o4)C3)[C@H](C)[C@H]12. The Kier molecular flexibility index (Phi) is 4.15. The molecule has 0 radical (unpaired) electrons. The number of anilines is 1. The highest BCUT2D eigenvalue weighted by molar-refractivity contribution is 8.03. The first-order valence-corrected chi connectivity index (χ1v) is 10.5. The Morgan fingerprint density at radius 3 is 2.72 bits per heavy atom. The minimum atomic E-state index is -1.09. The third-order valence-corrected chi connectivity index (χ3v) is 7.46. The number of oxazole rings is 1. The molecule has 2 N–H and O–H groups in total. The quantitative estimate of drug-likeness (QED) is 0.713. The maximum atomic E-state index is 12.4. The molecule has 0 unspecified atom stereocenters. The van der Waals surface area contributed by atoms with E-state index in [1.165, 1.54) is 16.7 Å². The van der Waals surface area contributed by atoms with E-state index in [9.17, 15) is 19.8 Å². The summed E-state index contributed by atoms with van der Waals surface area (Å²) in [6, 6.07) is 7.89. The predicted molar refractivity (Wildman–Crippen MR) is 107 cm³/mol. The summed E-state index contributed by atoms with van der Waals surface area (Å²) in [5, 5.41) is 19.8. The van der Waals surface area contributed by atoms with Gasteiger partial charge in [-0.2, -0.15) is 4.98 Å². The summed E-state index contributed by atoms with van der Waals surface area (Å²) in [5.74, 6) is -2.03. The fourth-order valence-electron chi connectivity index (χ4n) is 4.52. The zero-order valence-electron chi connectivity index (χ0n) is 16.0. The molecule has 0 saturated carbocycles. The van der Waals surface area contributed by atoms with Crippen LogP contribution in [0.25, 0.3) is 11.1 Å². The van der Waals surface area contributed by atoms with Gasteiger partial charge in [-0.3, -0.25) is 4.79 Å². The van der Waals surface area contributed by atoms with Crippen LogP contribution >= 0.6 is 11.8 Å². The number of carboxylic acids is 1. The minimum absolute atomic E-state index is 0.0784. The molecule has 1 amide bonds. The molecule has 4 atom stereocenters. The highest BCUT2D eigenvalue weighted by atomic mass is 32.2. The number of fused-ring (bicyclic) bond motifs is 2. The van der Waals surface area contributed by atoms with E-state index in [0.717, 1.165) is 16.0 Å². The molecule has 3 aliphatic rings. The van der Waals surface area contributed by atoms with Gasteiger partial charge in [0, 0.05) is 29.2 Å². The number of aliphatic carboxylic acids is 1. The molecule has 2 saturated heterocycles. The molecule has 3 aliphatic heterocycles. The molecule has 1 aromatic heterocycles. The van der Waals surface area contributed by atoms with Gasteiger partial charge in [-0.05, 0) is 19.1 Å². The van der Waals surface area contributed by atoms with Crippen molar-refractivity contribution in [2.75, 3.05) is 18.0 Å². The van der Waals surface area contributed by atoms with E-state index in [4.69, 9.17) is 4.42 Å². The Bertz CT molecular complexity index is 1010. The number of rotatable bonds is 5. The number of para-hydroxylation sites is 2. The van der Waals surface area contributed by atoms with Gasteiger partial charge in [0.25, 0.3) is 6.01 Å². The van der Waals surface area contributed by atoms with E-state index in [1.54, 1.807) is 6.92 Å². The van der Waals surface area contributed by atoms with Gasteiger partial charge in [-0.15, -0.1) is 11.8 Å². The Balaban J connectivity index is 1.32. The highest BCUT2D eigenvalue weighted by Crippen LogP contribution is 2.52. The van der Waals surface area contributed by atoms with Crippen LogP contribution < -0.4 is 4.90 Å². The van der Waals surface area contributed by atoms with Crippen LogP contribution in [0.3, 0.4) is 0 Å². The second kappa shape index (κ2) is 6.50. The lowest BCUT2D eigenvalue weighted by Crippen LogP contribution is -2.63. The van der Waals surface area contributed by atoms with E-state index in [-0.39, 0.29) is 28.8 Å². The Hall–Kier alpha value is -2.52. The number of hydrogen-bond donors (Lipinski definition) is 2. The van der Waals surface area contributed by atoms with Gasteiger partial charge in [0.15, 0.2) is 5.58 Å². The van der Waals surface area contributed by atoms with Crippen molar-refractivity contribution in [2.24, 2.45) is 11.8 Å². The molecule has 4 heterocycles. The van der Waals surface area contributed by atoms with Crippen molar-refractivity contribution in [1.82, 2.24) is 9.88 Å². The van der Waals surface area contributed by atoms with Crippen LogP contribution in [0.1, 0.15) is 13.8 Å². The van der Waals surface area contributed by atoms with Gasteiger partial charge in [0.1, 0.15) is 11.2 Å². The van der Waals surface area contributed by atoms with E-state index in [1.807, 2.05) is 36.1 Å². The number of amides is 1. The van der Waals surface area contributed by atoms with E-state index < -0.39 is 18.0 Å². The lowest BCUT2D eigenvalue weighted by Gasteiger charge is -2.46. The number of hydrogen-bond acceptors (Lipinski definition) is 7. The standard InChI is InChI=1S/C20H21N3O5S/c1-9-15-14(10(2)24)18(25)23(15)16(19(26)27)17(9)29-11-7-22(8-11)20-21-12-5-3-4-6-13(12)28-20/h3-6,9-11,14-15,24H,7-8H2,1-2H3,(H,26,27)/t9-,10-,14-,15-/m1/s1. The van der Waals surface area contributed by atoms with Gasteiger partial charge in [0.2, 0.25) is 5.91 Å². The average Bonchev–Trinajstić information content (AvgIpc) is 3.15. The van der Waals surface area contributed by atoms with Gasteiger partial charge in [-0.1, -0.05) is 19.1 Å². The normalized spacial score (nSPS) is 27.8. The van der Waals surface area contributed by atoms with Crippen LogP contribution in [0, 0.1) is 11.8 Å². The van der Waals surface area contributed by atoms with Crippen LogP contribution in [0.15, 0.2) is 39.3 Å². The Morgan fingerprint density at radius 2 is 2.07 bits per heavy atom. The molecule has 152 valence electrons. The average molecular weight is 415 g/mol. The van der Waals surface area contributed by atoms with Crippen LogP contribution in [0.5, 0.6) is 0 Å². The van der Waals surface area contributed by atoms with Crippen LogP contribution in [0.2, 0.25) is 0 Å². The van der Waals surface area contributed by atoms with Gasteiger partial charge in [-0.25, -0.2) is 4.79 Å². The van der Waals surface area contributed by atoms with Crippen molar-refractivity contribution >= 4 is 40.8 Å². The first-order valence-electron chi connectivity index (χ1n) is 9.62. The van der Waals surface area contributed by atoms with E-state index in [2.05, 4.69) is 4.98 Å². The number of carboxylic acid groups (broad SMARTS) is 1. The fourth-order valence-corrected chi connectivity index (χ4v) is 6.04. The molecule has 2 aromatic rings. The Labute approximate surface area is 171 Å². The van der Waals surface area contributed by atoms with Crippen molar-refractivity contribution in [3.05, 3.63) is 34.9 Å². The summed E-state index contributed by atoms with van der Waals surface area (Å²) in [6.45, 7) is 4.91. The summed E-state index contributed by atoms with van der Waals surface area (Å²) in [5.41, 5.74) is 1.63. The monoisotopic (exact) mass is 415 g/mol. The largest absolute Gasteiger partial charge is 0.477 e. The maximum Gasteiger partial charge on any atom is 0.353 e. The predicted octanol–water partition coefficient (Wildman–Crippen LogP) is 1.90. The number of benzene rings is 1. The zero-order valence-corrected chi connectivity index (χ0v) is 16.8. The van der Waals surface area contributed by atoms with Gasteiger partial charge < -0.3 is 24.4 Å². The number of aromatic nitrogens is 1. The number of aliphatic hydroxyl groups is 1. The summed E-state index contributed by atoms with van der Waals surface area (Å²) >= 11 is 1.52. The van der Waals surface area contributed by atoms with E-state index >= 15 is 0 Å². The second-order valence-electron chi connectivity index (χ2n) is 7.88. The molecule has 5 rings (SSSR count). The van der Waals surface area contributed by atoms with Gasteiger partial charge in [0.05, 0.1) is 18.1 Å². The molecule has 8 nitrogen and oxygen atoms in total. The topological polar surface area (TPSA) is 107 Å².